The summed E-state index contributed by atoms with van der Waals surface area (Å²) in [5, 5.41) is 0. The van der Waals surface area contributed by atoms with Gasteiger partial charge < -0.3 is 19.2 Å². The van der Waals surface area contributed by atoms with Crippen LogP contribution in [0.4, 0.5) is 4.39 Å². The summed E-state index contributed by atoms with van der Waals surface area (Å²) in [5.74, 6) is 2.03. The van der Waals surface area contributed by atoms with Crippen molar-refractivity contribution in [2.24, 2.45) is 0 Å². The quantitative estimate of drug-likeness (QED) is 0.456. The minimum absolute atomic E-state index is 0.290. The summed E-state index contributed by atoms with van der Waals surface area (Å²) in [7, 11) is 4.74. The van der Waals surface area contributed by atoms with Gasteiger partial charge in [0.1, 0.15) is 17.4 Å². The number of halogens is 1. The molecule has 0 bridgehead atoms. The Balaban J connectivity index is 1.93. The molecular formula is C24H21FN2O3. The SMILES string of the molecule is COc1cc(OC)c(-c2nc(-c3ccccc3)c(-c3ccc(F)cc3)[nH]2)cc1OC. The maximum absolute atomic E-state index is 13.5. The van der Waals surface area contributed by atoms with E-state index in [-0.39, 0.29) is 5.82 Å². The van der Waals surface area contributed by atoms with Crippen molar-refractivity contribution in [3.8, 4) is 51.2 Å². The number of ether oxygens (including phenoxy) is 3. The highest BCUT2D eigenvalue weighted by Gasteiger charge is 2.20. The van der Waals surface area contributed by atoms with Crippen LogP contribution in [0.15, 0.2) is 66.7 Å². The molecule has 0 saturated carbocycles. The maximum Gasteiger partial charge on any atom is 0.164 e. The number of benzene rings is 3. The third kappa shape index (κ3) is 3.59. The molecule has 6 heteroatoms. The monoisotopic (exact) mass is 404 g/mol. The molecule has 30 heavy (non-hydrogen) atoms. The highest BCUT2D eigenvalue weighted by atomic mass is 19.1. The largest absolute Gasteiger partial charge is 0.496 e. The number of aromatic amines is 1. The number of rotatable bonds is 6. The van der Waals surface area contributed by atoms with Gasteiger partial charge in [-0.25, -0.2) is 9.37 Å². The van der Waals surface area contributed by atoms with Crippen molar-refractivity contribution < 1.29 is 18.6 Å². The molecule has 0 fully saturated rings. The highest BCUT2D eigenvalue weighted by Crippen LogP contribution is 2.41. The van der Waals surface area contributed by atoms with Crippen molar-refractivity contribution in [2.75, 3.05) is 21.3 Å². The summed E-state index contributed by atoms with van der Waals surface area (Å²) < 4.78 is 29.9. The van der Waals surface area contributed by atoms with E-state index in [2.05, 4.69) is 4.98 Å². The van der Waals surface area contributed by atoms with Crippen LogP contribution < -0.4 is 14.2 Å². The Labute approximate surface area is 174 Å². The van der Waals surface area contributed by atoms with Crippen LogP contribution in [0.2, 0.25) is 0 Å². The van der Waals surface area contributed by atoms with Gasteiger partial charge in [0.25, 0.3) is 0 Å². The van der Waals surface area contributed by atoms with Gasteiger partial charge in [0.2, 0.25) is 0 Å². The Bertz CT molecular complexity index is 1160. The Hall–Kier alpha value is -3.80. The summed E-state index contributed by atoms with van der Waals surface area (Å²) in [6, 6.07) is 19.7. The number of hydrogen-bond acceptors (Lipinski definition) is 4. The van der Waals surface area contributed by atoms with Crippen LogP contribution in [0.3, 0.4) is 0 Å². The number of nitrogens with one attached hydrogen (secondary N) is 1. The number of aromatic nitrogens is 2. The van der Waals surface area contributed by atoms with E-state index in [4.69, 9.17) is 19.2 Å². The van der Waals surface area contributed by atoms with Crippen molar-refractivity contribution in [3.05, 3.63) is 72.5 Å². The summed E-state index contributed by atoms with van der Waals surface area (Å²) in [6.07, 6.45) is 0. The molecule has 3 aromatic carbocycles. The topological polar surface area (TPSA) is 56.4 Å². The van der Waals surface area contributed by atoms with E-state index in [9.17, 15) is 4.39 Å². The number of methoxy groups -OCH3 is 3. The fourth-order valence-corrected chi connectivity index (χ4v) is 3.35. The predicted octanol–water partition coefficient (Wildman–Crippen LogP) is 5.58. The van der Waals surface area contributed by atoms with Crippen LogP contribution in [0.5, 0.6) is 17.2 Å². The first kappa shape index (κ1) is 19.5. The van der Waals surface area contributed by atoms with Gasteiger partial charge in [0, 0.05) is 17.2 Å². The molecule has 0 aliphatic heterocycles. The normalized spacial score (nSPS) is 10.7. The van der Waals surface area contributed by atoms with Crippen molar-refractivity contribution in [1.29, 1.82) is 0 Å². The molecule has 0 aliphatic carbocycles. The van der Waals surface area contributed by atoms with Gasteiger partial charge in [-0.15, -0.1) is 0 Å². The van der Waals surface area contributed by atoms with Gasteiger partial charge in [0.15, 0.2) is 11.5 Å². The van der Waals surface area contributed by atoms with E-state index in [1.165, 1.54) is 12.1 Å². The second-order valence-electron chi connectivity index (χ2n) is 6.59. The van der Waals surface area contributed by atoms with E-state index in [1.807, 2.05) is 36.4 Å². The zero-order valence-corrected chi connectivity index (χ0v) is 16.9. The van der Waals surface area contributed by atoms with Gasteiger partial charge >= 0.3 is 0 Å². The summed E-state index contributed by atoms with van der Waals surface area (Å²) in [5.41, 5.74) is 4.04. The van der Waals surface area contributed by atoms with Gasteiger partial charge in [-0.3, -0.25) is 0 Å². The van der Waals surface area contributed by atoms with Crippen molar-refractivity contribution in [1.82, 2.24) is 9.97 Å². The molecule has 0 atom stereocenters. The van der Waals surface area contributed by atoms with Gasteiger partial charge in [-0.1, -0.05) is 30.3 Å². The second-order valence-corrected chi connectivity index (χ2v) is 6.59. The molecule has 4 rings (SSSR count). The Morgan fingerprint density at radius 3 is 2.00 bits per heavy atom. The molecule has 1 heterocycles. The fourth-order valence-electron chi connectivity index (χ4n) is 3.35. The lowest BCUT2D eigenvalue weighted by atomic mass is 10.1. The Kier molecular flexibility index (Phi) is 5.39. The van der Waals surface area contributed by atoms with Crippen LogP contribution in [0.1, 0.15) is 0 Å². The minimum atomic E-state index is -0.290. The lowest BCUT2D eigenvalue weighted by Gasteiger charge is -2.12. The third-order valence-corrected chi connectivity index (χ3v) is 4.84. The molecular weight excluding hydrogens is 383 g/mol. The summed E-state index contributed by atoms with van der Waals surface area (Å²) >= 11 is 0. The molecule has 0 spiro atoms. The second kappa shape index (κ2) is 8.29. The fraction of sp³-hybridized carbons (Fsp3) is 0.125. The van der Waals surface area contributed by atoms with E-state index >= 15 is 0 Å². The third-order valence-electron chi connectivity index (χ3n) is 4.84. The average Bonchev–Trinajstić information content (AvgIpc) is 3.24. The molecule has 5 nitrogen and oxygen atoms in total. The molecule has 0 unspecified atom stereocenters. The number of H-pyrrole nitrogens is 1. The predicted molar refractivity (Wildman–Crippen MR) is 115 cm³/mol. The average molecular weight is 404 g/mol. The molecule has 0 radical (unpaired) electrons. The zero-order valence-electron chi connectivity index (χ0n) is 16.9. The summed E-state index contributed by atoms with van der Waals surface area (Å²) in [4.78, 5) is 8.25. The van der Waals surface area contributed by atoms with Crippen LogP contribution in [-0.2, 0) is 0 Å². The first-order valence-electron chi connectivity index (χ1n) is 9.36. The number of nitrogens with zero attached hydrogens (tertiary/aromatic N) is 1. The van der Waals surface area contributed by atoms with Crippen LogP contribution in [-0.4, -0.2) is 31.3 Å². The van der Waals surface area contributed by atoms with Gasteiger partial charge in [-0.2, -0.15) is 0 Å². The maximum atomic E-state index is 13.5. The molecule has 0 saturated heterocycles. The van der Waals surface area contributed by atoms with Crippen LogP contribution in [0.25, 0.3) is 33.9 Å². The van der Waals surface area contributed by atoms with Crippen LogP contribution in [0, 0.1) is 5.82 Å². The van der Waals surface area contributed by atoms with Gasteiger partial charge in [0.05, 0.1) is 38.3 Å². The molecule has 152 valence electrons. The van der Waals surface area contributed by atoms with Crippen molar-refractivity contribution >= 4 is 0 Å². The minimum Gasteiger partial charge on any atom is -0.496 e. The van der Waals surface area contributed by atoms with Crippen molar-refractivity contribution in [3.63, 3.8) is 0 Å². The first-order valence-corrected chi connectivity index (χ1v) is 9.36. The van der Waals surface area contributed by atoms with E-state index < -0.39 is 0 Å². The van der Waals surface area contributed by atoms with Crippen LogP contribution >= 0.6 is 0 Å². The molecule has 4 aromatic rings. The summed E-state index contributed by atoms with van der Waals surface area (Å²) in [6.45, 7) is 0. The van der Waals surface area contributed by atoms with E-state index in [0.717, 1.165) is 28.1 Å². The Morgan fingerprint density at radius 1 is 0.733 bits per heavy atom. The molecule has 1 N–H and O–H groups in total. The molecule has 1 aromatic heterocycles. The highest BCUT2D eigenvalue weighted by molar-refractivity contribution is 5.82. The number of hydrogen-bond donors (Lipinski definition) is 1. The standard InChI is InChI=1S/C24H21FN2O3/c1-28-19-14-21(30-3)20(29-2)13-18(19)24-26-22(15-7-5-4-6-8-15)23(27-24)16-9-11-17(25)12-10-16/h4-14H,1-3H3,(H,26,27). The molecule has 0 aliphatic rings. The van der Waals surface area contributed by atoms with E-state index in [1.54, 1.807) is 39.5 Å². The zero-order chi connectivity index (χ0) is 21.1. The smallest absolute Gasteiger partial charge is 0.164 e. The van der Waals surface area contributed by atoms with Gasteiger partial charge in [-0.05, 0) is 30.3 Å². The molecule has 0 amide bonds. The lowest BCUT2D eigenvalue weighted by Crippen LogP contribution is -1.95. The Morgan fingerprint density at radius 2 is 1.37 bits per heavy atom. The number of imidazole rings is 1. The first-order chi connectivity index (χ1) is 14.6. The van der Waals surface area contributed by atoms with Crippen molar-refractivity contribution in [2.45, 2.75) is 0 Å². The lowest BCUT2D eigenvalue weighted by molar-refractivity contribution is 0.349. The van der Waals surface area contributed by atoms with E-state index in [0.29, 0.717) is 23.1 Å².